The fourth-order valence-corrected chi connectivity index (χ4v) is 2.47. The minimum absolute atomic E-state index is 0.0864. The summed E-state index contributed by atoms with van der Waals surface area (Å²) in [5.41, 5.74) is 3.12. The number of anilines is 2. The molecule has 5 heteroatoms. The third-order valence-corrected chi connectivity index (χ3v) is 3.68. The Morgan fingerprint density at radius 1 is 1.14 bits per heavy atom. The molecule has 0 spiro atoms. The van der Waals surface area contributed by atoms with E-state index in [1.165, 1.54) is 0 Å². The maximum Gasteiger partial charge on any atom is 0.321 e. The lowest BCUT2D eigenvalue weighted by Crippen LogP contribution is -2.27. The van der Waals surface area contributed by atoms with Gasteiger partial charge in [0.05, 0.1) is 0 Å². The second-order valence-corrected chi connectivity index (χ2v) is 5.20. The third kappa shape index (κ3) is 2.79. The van der Waals surface area contributed by atoms with E-state index in [9.17, 15) is 9.59 Å². The number of rotatable bonds is 3. The Balaban J connectivity index is 1.72. The minimum atomic E-state index is -0.134. The summed E-state index contributed by atoms with van der Waals surface area (Å²) in [6.07, 6.45) is 0. The summed E-state index contributed by atoms with van der Waals surface area (Å²) in [6.45, 7) is 3.22. The second kappa shape index (κ2) is 5.89. The highest BCUT2D eigenvalue weighted by atomic mass is 16.2. The van der Waals surface area contributed by atoms with Crippen LogP contribution in [-0.2, 0) is 0 Å². The van der Waals surface area contributed by atoms with Crippen LogP contribution in [0.15, 0.2) is 48.5 Å². The van der Waals surface area contributed by atoms with Gasteiger partial charge in [0.25, 0.3) is 5.91 Å². The van der Waals surface area contributed by atoms with Crippen LogP contribution in [-0.4, -0.2) is 25.0 Å². The Morgan fingerprint density at radius 3 is 2.50 bits per heavy atom. The van der Waals surface area contributed by atoms with Gasteiger partial charge >= 0.3 is 6.03 Å². The lowest BCUT2D eigenvalue weighted by molar-refractivity contribution is 0.102. The molecule has 1 aliphatic rings. The van der Waals surface area contributed by atoms with E-state index in [-0.39, 0.29) is 11.9 Å². The van der Waals surface area contributed by atoms with Crippen molar-refractivity contribution < 1.29 is 9.59 Å². The van der Waals surface area contributed by atoms with Crippen LogP contribution < -0.4 is 15.5 Å². The number of aryl methyl sites for hydroxylation is 1. The highest BCUT2D eigenvalue weighted by Gasteiger charge is 2.20. The molecule has 1 fully saturated rings. The molecule has 0 radical (unpaired) electrons. The standard InChI is InChI=1S/C17H17N3O2/c1-12-4-2-3-5-15(12)16(21)19-13-6-8-14(9-7-13)20-11-10-18-17(20)22/h2-9H,10-11H2,1H3,(H,18,22)(H,19,21). The number of urea groups is 1. The molecule has 3 amide bonds. The van der Waals surface area contributed by atoms with E-state index in [4.69, 9.17) is 0 Å². The van der Waals surface area contributed by atoms with Crippen molar-refractivity contribution in [2.45, 2.75) is 6.92 Å². The molecule has 3 rings (SSSR count). The predicted molar refractivity (Wildman–Crippen MR) is 86.3 cm³/mol. The van der Waals surface area contributed by atoms with Gasteiger partial charge in [-0.1, -0.05) is 18.2 Å². The van der Waals surface area contributed by atoms with Crippen LogP contribution in [0.1, 0.15) is 15.9 Å². The maximum absolute atomic E-state index is 12.2. The lowest BCUT2D eigenvalue weighted by atomic mass is 10.1. The number of carbonyl (C=O) groups is 2. The van der Waals surface area contributed by atoms with E-state index < -0.39 is 0 Å². The van der Waals surface area contributed by atoms with Gasteiger partial charge in [0, 0.05) is 30.0 Å². The van der Waals surface area contributed by atoms with Crippen LogP contribution in [0.4, 0.5) is 16.2 Å². The number of benzene rings is 2. The quantitative estimate of drug-likeness (QED) is 0.914. The summed E-state index contributed by atoms with van der Waals surface area (Å²) in [5, 5.41) is 5.63. The average molecular weight is 295 g/mol. The molecule has 2 aromatic rings. The van der Waals surface area contributed by atoms with Crippen LogP contribution in [0.5, 0.6) is 0 Å². The van der Waals surface area contributed by atoms with Gasteiger partial charge in [0.1, 0.15) is 0 Å². The zero-order chi connectivity index (χ0) is 15.5. The SMILES string of the molecule is Cc1ccccc1C(=O)Nc1ccc(N2CCNC2=O)cc1. The topological polar surface area (TPSA) is 61.4 Å². The van der Waals surface area contributed by atoms with Crippen molar-refractivity contribution in [3.63, 3.8) is 0 Å². The van der Waals surface area contributed by atoms with Crippen LogP contribution in [0.2, 0.25) is 0 Å². The number of nitrogens with zero attached hydrogens (tertiary/aromatic N) is 1. The zero-order valence-electron chi connectivity index (χ0n) is 12.3. The number of carbonyl (C=O) groups excluding carboxylic acids is 2. The van der Waals surface area contributed by atoms with Gasteiger partial charge in [0.15, 0.2) is 0 Å². The second-order valence-electron chi connectivity index (χ2n) is 5.20. The molecule has 2 aromatic carbocycles. The summed E-state index contributed by atoms with van der Waals surface area (Å²) in [6, 6.07) is 14.6. The predicted octanol–water partition coefficient (Wildman–Crippen LogP) is 2.78. The van der Waals surface area contributed by atoms with Crippen LogP contribution in [0.3, 0.4) is 0 Å². The summed E-state index contributed by atoms with van der Waals surface area (Å²) in [7, 11) is 0. The van der Waals surface area contributed by atoms with Crippen LogP contribution in [0, 0.1) is 6.92 Å². The van der Waals surface area contributed by atoms with Crippen molar-refractivity contribution >= 4 is 23.3 Å². The first-order valence-corrected chi connectivity index (χ1v) is 7.17. The molecule has 0 unspecified atom stereocenters. The molecule has 0 aromatic heterocycles. The fraction of sp³-hybridized carbons (Fsp3) is 0.176. The Morgan fingerprint density at radius 2 is 1.86 bits per heavy atom. The average Bonchev–Trinajstić information content (AvgIpc) is 2.94. The normalized spacial score (nSPS) is 13.9. The molecule has 0 aliphatic carbocycles. The zero-order valence-corrected chi connectivity index (χ0v) is 12.3. The van der Waals surface area contributed by atoms with E-state index >= 15 is 0 Å². The third-order valence-electron chi connectivity index (χ3n) is 3.68. The van der Waals surface area contributed by atoms with Crippen molar-refractivity contribution in [1.82, 2.24) is 5.32 Å². The first kappa shape index (κ1) is 14.1. The molecule has 0 atom stereocenters. The molecule has 22 heavy (non-hydrogen) atoms. The molecule has 112 valence electrons. The highest BCUT2D eigenvalue weighted by molar-refractivity contribution is 6.05. The van der Waals surface area contributed by atoms with Crippen molar-refractivity contribution in [1.29, 1.82) is 0 Å². The smallest absolute Gasteiger partial charge is 0.321 e. The first-order valence-electron chi connectivity index (χ1n) is 7.17. The van der Waals surface area contributed by atoms with Gasteiger partial charge in [-0.15, -0.1) is 0 Å². The van der Waals surface area contributed by atoms with Crippen molar-refractivity contribution in [2.24, 2.45) is 0 Å². The number of hydrogen-bond acceptors (Lipinski definition) is 2. The van der Waals surface area contributed by atoms with Gasteiger partial charge in [0.2, 0.25) is 0 Å². The van der Waals surface area contributed by atoms with E-state index in [1.807, 2.05) is 37.3 Å². The molecule has 0 bridgehead atoms. The monoisotopic (exact) mass is 295 g/mol. The number of nitrogens with one attached hydrogen (secondary N) is 2. The minimum Gasteiger partial charge on any atom is -0.336 e. The maximum atomic E-state index is 12.2. The van der Waals surface area contributed by atoms with Gasteiger partial charge in [-0.05, 0) is 42.8 Å². The van der Waals surface area contributed by atoms with Crippen LogP contribution >= 0.6 is 0 Å². The van der Waals surface area contributed by atoms with Crippen molar-refractivity contribution in [3.8, 4) is 0 Å². The van der Waals surface area contributed by atoms with E-state index in [1.54, 1.807) is 23.1 Å². The summed E-state index contributed by atoms with van der Waals surface area (Å²) < 4.78 is 0. The largest absolute Gasteiger partial charge is 0.336 e. The first-order chi connectivity index (χ1) is 10.6. The van der Waals surface area contributed by atoms with Crippen molar-refractivity contribution in [2.75, 3.05) is 23.3 Å². The Kier molecular flexibility index (Phi) is 3.78. The van der Waals surface area contributed by atoms with Crippen molar-refractivity contribution in [3.05, 3.63) is 59.7 Å². The molecule has 1 saturated heterocycles. The molecule has 1 heterocycles. The summed E-state index contributed by atoms with van der Waals surface area (Å²) >= 11 is 0. The number of amides is 3. The summed E-state index contributed by atoms with van der Waals surface area (Å²) in [5.74, 6) is -0.134. The van der Waals surface area contributed by atoms with Gasteiger partial charge in [-0.2, -0.15) is 0 Å². The lowest BCUT2D eigenvalue weighted by Gasteiger charge is -2.15. The van der Waals surface area contributed by atoms with E-state index in [0.29, 0.717) is 24.3 Å². The Labute approximate surface area is 128 Å². The molecule has 5 nitrogen and oxygen atoms in total. The highest BCUT2D eigenvalue weighted by Crippen LogP contribution is 2.20. The molecular formula is C17H17N3O2. The number of hydrogen-bond donors (Lipinski definition) is 2. The summed E-state index contributed by atoms with van der Waals surface area (Å²) in [4.78, 5) is 25.5. The van der Waals surface area contributed by atoms with Gasteiger partial charge in [-0.3, -0.25) is 9.69 Å². The van der Waals surface area contributed by atoms with Gasteiger partial charge < -0.3 is 10.6 Å². The van der Waals surface area contributed by atoms with E-state index in [2.05, 4.69) is 10.6 Å². The Bertz CT molecular complexity index is 710. The Hall–Kier alpha value is -2.82. The molecular weight excluding hydrogens is 278 g/mol. The van der Waals surface area contributed by atoms with Gasteiger partial charge in [-0.25, -0.2) is 4.79 Å². The van der Waals surface area contributed by atoms with Crippen LogP contribution in [0.25, 0.3) is 0 Å². The molecule has 2 N–H and O–H groups in total. The molecule has 0 saturated carbocycles. The fourth-order valence-electron chi connectivity index (χ4n) is 2.47. The van der Waals surface area contributed by atoms with E-state index in [0.717, 1.165) is 11.3 Å². The molecule has 1 aliphatic heterocycles.